The van der Waals surface area contributed by atoms with Crippen molar-refractivity contribution in [3.63, 3.8) is 0 Å². The van der Waals surface area contributed by atoms with Crippen LogP contribution in [-0.2, 0) is 4.84 Å². The fourth-order valence-electron chi connectivity index (χ4n) is 0.779. The highest BCUT2D eigenvalue weighted by atomic mass is 32.2. The Labute approximate surface area is 62.8 Å². The Morgan fingerprint density at radius 3 is 3.70 bits per heavy atom. The number of nitrogens with one attached hydrogen (secondary N) is 1. The molecule has 4 heteroatoms. The van der Waals surface area contributed by atoms with Gasteiger partial charge in [-0.2, -0.15) is 5.48 Å². The summed E-state index contributed by atoms with van der Waals surface area (Å²) in [6.45, 7) is 0.757. The van der Waals surface area contributed by atoms with Crippen molar-refractivity contribution in [3.05, 3.63) is 22.6 Å². The molecule has 10 heavy (non-hydrogen) atoms. The number of thioether (sulfide) groups is 1. The van der Waals surface area contributed by atoms with Crippen molar-refractivity contribution in [1.29, 1.82) is 0 Å². The van der Waals surface area contributed by atoms with Crippen LogP contribution in [0.1, 0.15) is 0 Å². The maximum absolute atomic E-state index is 5.00. The molecule has 52 valence electrons. The highest BCUT2D eigenvalue weighted by molar-refractivity contribution is 8.04. The predicted octanol–water partition coefficient (Wildman–Crippen LogP) is 1.02. The minimum Gasteiger partial charge on any atom is -0.388 e. The Hall–Kier alpha value is -0.740. The summed E-state index contributed by atoms with van der Waals surface area (Å²) < 4.78 is 0. The molecule has 3 nitrogen and oxygen atoms in total. The van der Waals surface area contributed by atoms with Gasteiger partial charge in [0.15, 0.2) is 0 Å². The average molecular weight is 154 g/mol. The molecule has 2 aliphatic rings. The first-order valence-electron chi connectivity index (χ1n) is 2.94. The molecule has 0 spiro atoms. The van der Waals surface area contributed by atoms with E-state index in [2.05, 4.69) is 10.5 Å². The normalized spacial score (nSPS) is 22.4. The Bertz CT molecular complexity index is 232. The van der Waals surface area contributed by atoms with E-state index in [9.17, 15) is 0 Å². The monoisotopic (exact) mass is 154 g/mol. The van der Waals surface area contributed by atoms with Crippen LogP contribution in [0.15, 0.2) is 27.6 Å². The number of aliphatic imine (C=N–C) groups is 1. The number of nitrogens with zero attached hydrogens (tertiary/aromatic N) is 1. The molecule has 1 fully saturated rings. The van der Waals surface area contributed by atoms with Crippen LogP contribution in [0.2, 0.25) is 0 Å². The fraction of sp³-hybridized carbons (Fsp3) is 0.167. The van der Waals surface area contributed by atoms with Gasteiger partial charge in [0, 0.05) is 11.8 Å². The van der Waals surface area contributed by atoms with E-state index >= 15 is 0 Å². The Morgan fingerprint density at radius 2 is 2.70 bits per heavy atom. The van der Waals surface area contributed by atoms with Crippen LogP contribution in [0.3, 0.4) is 0 Å². The zero-order chi connectivity index (χ0) is 6.81. The van der Waals surface area contributed by atoms with Gasteiger partial charge >= 0.3 is 0 Å². The molecule has 1 N–H and O–H groups in total. The van der Waals surface area contributed by atoms with Gasteiger partial charge in [-0.05, 0) is 10.8 Å². The molecule has 0 atom stereocenters. The first-order valence-corrected chi connectivity index (χ1v) is 3.88. The summed E-state index contributed by atoms with van der Waals surface area (Å²) in [5, 5.41) is 3.95. The lowest BCUT2D eigenvalue weighted by molar-refractivity contribution is 0.222. The molecule has 0 aliphatic carbocycles. The molecule has 0 aromatic carbocycles. The van der Waals surface area contributed by atoms with Gasteiger partial charge in [-0.1, -0.05) is 0 Å². The van der Waals surface area contributed by atoms with E-state index in [-0.39, 0.29) is 0 Å². The summed E-state index contributed by atoms with van der Waals surface area (Å²) in [6.07, 6.45) is 1.73. The Balaban J connectivity index is 2.34. The maximum atomic E-state index is 5.00. The third-order valence-corrected chi connectivity index (χ3v) is 1.95. The quantitative estimate of drug-likeness (QED) is 0.565. The molecule has 1 saturated heterocycles. The summed E-state index contributed by atoms with van der Waals surface area (Å²) in [4.78, 5) is 9.05. The van der Waals surface area contributed by atoms with Gasteiger partial charge in [-0.3, -0.25) is 0 Å². The molecular formula is C6H6N2OS. The number of hydrogen-bond acceptors (Lipinski definition) is 4. The van der Waals surface area contributed by atoms with Gasteiger partial charge in [-0.25, -0.2) is 4.99 Å². The minimum absolute atomic E-state index is 0.696. The van der Waals surface area contributed by atoms with Gasteiger partial charge in [0.1, 0.15) is 0 Å². The van der Waals surface area contributed by atoms with Crippen molar-refractivity contribution < 1.29 is 4.84 Å². The minimum atomic E-state index is 0.696. The van der Waals surface area contributed by atoms with Crippen molar-refractivity contribution in [2.75, 3.05) is 6.54 Å². The van der Waals surface area contributed by atoms with E-state index in [1.165, 1.54) is 0 Å². The lowest BCUT2D eigenvalue weighted by atomic mass is 10.3. The zero-order valence-corrected chi connectivity index (χ0v) is 6.02. The summed E-state index contributed by atoms with van der Waals surface area (Å²) in [6, 6.07) is 0. The zero-order valence-electron chi connectivity index (χ0n) is 5.20. The van der Waals surface area contributed by atoms with E-state index in [4.69, 9.17) is 4.84 Å². The molecule has 0 saturated carbocycles. The summed E-state index contributed by atoms with van der Waals surface area (Å²) >= 11 is 1.61. The van der Waals surface area contributed by atoms with Crippen molar-refractivity contribution in [1.82, 2.24) is 5.48 Å². The van der Waals surface area contributed by atoms with Gasteiger partial charge < -0.3 is 4.84 Å². The SMILES string of the molecule is C1=CSC=C2CNOC2=N1. The summed E-state index contributed by atoms with van der Waals surface area (Å²) in [5.74, 6) is 0.696. The molecule has 0 aromatic rings. The molecule has 2 aliphatic heterocycles. The highest BCUT2D eigenvalue weighted by Gasteiger charge is 2.16. The summed E-state index contributed by atoms with van der Waals surface area (Å²) in [7, 11) is 0. The van der Waals surface area contributed by atoms with Crippen LogP contribution >= 0.6 is 11.8 Å². The second-order valence-electron chi connectivity index (χ2n) is 1.92. The number of hydrogen-bond donors (Lipinski definition) is 1. The second kappa shape index (κ2) is 2.48. The average Bonchev–Trinajstić information content (AvgIpc) is 2.28. The van der Waals surface area contributed by atoms with Crippen molar-refractivity contribution >= 4 is 17.7 Å². The predicted molar refractivity (Wildman–Crippen MR) is 41.3 cm³/mol. The second-order valence-corrected chi connectivity index (χ2v) is 2.70. The third kappa shape index (κ3) is 0.955. The molecule has 0 aromatic heterocycles. The van der Waals surface area contributed by atoms with Crippen LogP contribution in [0.4, 0.5) is 0 Å². The molecule has 2 heterocycles. The van der Waals surface area contributed by atoms with Crippen molar-refractivity contribution in [2.45, 2.75) is 0 Å². The molecule has 2 rings (SSSR count). The largest absolute Gasteiger partial charge is 0.388 e. The van der Waals surface area contributed by atoms with E-state index in [0.717, 1.165) is 12.1 Å². The lowest BCUT2D eigenvalue weighted by Crippen LogP contribution is -2.04. The maximum Gasteiger partial charge on any atom is 0.242 e. The van der Waals surface area contributed by atoms with E-state index in [1.807, 2.05) is 10.8 Å². The van der Waals surface area contributed by atoms with Gasteiger partial charge in [0.05, 0.1) is 6.54 Å². The topological polar surface area (TPSA) is 33.6 Å². The molecule has 0 unspecified atom stereocenters. The van der Waals surface area contributed by atoms with Crippen molar-refractivity contribution in [3.8, 4) is 0 Å². The Kier molecular flexibility index (Phi) is 1.49. The highest BCUT2D eigenvalue weighted by Crippen LogP contribution is 2.16. The molecule has 0 radical (unpaired) electrons. The van der Waals surface area contributed by atoms with E-state index < -0.39 is 0 Å². The van der Waals surface area contributed by atoms with Crippen LogP contribution in [-0.4, -0.2) is 12.4 Å². The van der Waals surface area contributed by atoms with Gasteiger partial charge in [-0.15, -0.1) is 11.8 Å². The van der Waals surface area contributed by atoms with Crippen LogP contribution in [0.25, 0.3) is 0 Å². The van der Waals surface area contributed by atoms with Crippen LogP contribution in [0, 0.1) is 0 Å². The Morgan fingerprint density at radius 1 is 1.70 bits per heavy atom. The molecule has 0 bridgehead atoms. The van der Waals surface area contributed by atoms with E-state index in [0.29, 0.717) is 5.90 Å². The first kappa shape index (κ1) is 6.00. The molecule has 0 amide bonds. The van der Waals surface area contributed by atoms with Gasteiger partial charge in [0.2, 0.25) is 5.90 Å². The molecular weight excluding hydrogens is 148 g/mol. The smallest absolute Gasteiger partial charge is 0.242 e. The third-order valence-electron chi connectivity index (χ3n) is 1.25. The number of hydroxylamine groups is 1. The summed E-state index contributed by atoms with van der Waals surface area (Å²) in [5.41, 5.74) is 3.87. The standard InChI is InChI=1S/C6H6N2OS/c1-2-10-4-5-3-8-9-6(5)7-1/h1-2,4,8H,3H2. The lowest BCUT2D eigenvalue weighted by Gasteiger charge is -1.90. The van der Waals surface area contributed by atoms with Crippen molar-refractivity contribution in [2.24, 2.45) is 4.99 Å². The first-order chi connectivity index (χ1) is 4.97. The van der Waals surface area contributed by atoms with E-state index in [1.54, 1.807) is 18.0 Å². The fourth-order valence-corrected chi connectivity index (χ4v) is 1.34. The number of rotatable bonds is 0. The van der Waals surface area contributed by atoms with Crippen LogP contribution in [0.5, 0.6) is 0 Å². The van der Waals surface area contributed by atoms with Crippen LogP contribution < -0.4 is 5.48 Å². The number of fused-ring (bicyclic) bond motifs is 1. The van der Waals surface area contributed by atoms with Gasteiger partial charge in [0.25, 0.3) is 0 Å².